The minimum absolute atomic E-state index is 0.0591. The maximum absolute atomic E-state index is 13.1. The highest BCUT2D eigenvalue weighted by Crippen LogP contribution is 2.21. The first-order chi connectivity index (χ1) is 8.58. The highest BCUT2D eigenvalue weighted by Gasteiger charge is 2.18. The van der Waals surface area contributed by atoms with Gasteiger partial charge in [0.05, 0.1) is 0 Å². The van der Waals surface area contributed by atoms with E-state index >= 15 is 0 Å². The summed E-state index contributed by atoms with van der Waals surface area (Å²) < 4.78 is 26.1. The molecule has 0 saturated carbocycles. The summed E-state index contributed by atoms with van der Waals surface area (Å²) in [7, 11) is 0. The fourth-order valence-corrected chi connectivity index (χ4v) is 1.84. The second-order valence-corrected chi connectivity index (χ2v) is 4.15. The molecule has 0 aliphatic rings. The topological polar surface area (TPSA) is 17.1 Å². The van der Waals surface area contributed by atoms with Gasteiger partial charge in [0, 0.05) is 17.5 Å². The molecule has 18 heavy (non-hydrogen) atoms. The summed E-state index contributed by atoms with van der Waals surface area (Å²) in [6.07, 6.45) is 0. The highest BCUT2D eigenvalue weighted by atomic mass is 19.1. The molecule has 0 unspecified atom stereocenters. The molecule has 0 aliphatic carbocycles. The Bertz CT molecular complexity index is 544. The summed E-state index contributed by atoms with van der Waals surface area (Å²) in [5.41, 5.74) is 0.885. The van der Waals surface area contributed by atoms with Crippen molar-refractivity contribution >= 4 is 5.78 Å². The van der Waals surface area contributed by atoms with Crippen LogP contribution in [0.25, 0.3) is 0 Å². The van der Waals surface area contributed by atoms with Gasteiger partial charge >= 0.3 is 0 Å². The summed E-state index contributed by atoms with van der Waals surface area (Å²) in [4.78, 5) is 12.1. The van der Waals surface area contributed by atoms with Crippen LogP contribution >= 0.6 is 0 Å². The van der Waals surface area contributed by atoms with Crippen molar-refractivity contribution in [1.29, 1.82) is 0 Å². The molecule has 0 amide bonds. The normalized spacial score (nSPS) is 12.2. The van der Waals surface area contributed by atoms with E-state index in [4.69, 9.17) is 0 Å². The van der Waals surface area contributed by atoms with Gasteiger partial charge in [-0.15, -0.1) is 0 Å². The third kappa shape index (κ3) is 2.62. The van der Waals surface area contributed by atoms with Crippen molar-refractivity contribution in [2.24, 2.45) is 0 Å². The van der Waals surface area contributed by atoms with Crippen LogP contribution in [-0.2, 0) is 0 Å². The van der Waals surface area contributed by atoms with E-state index in [2.05, 4.69) is 0 Å². The Labute approximate surface area is 104 Å². The van der Waals surface area contributed by atoms with Gasteiger partial charge in [-0.05, 0) is 17.7 Å². The van der Waals surface area contributed by atoms with Crippen LogP contribution in [0.4, 0.5) is 8.78 Å². The highest BCUT2D eigenvalue weighted by molar-refractivity contribution is 6.00. The Balaban J connectivity index is 2.31. The standard InChI is InChI=1S/C15H12F2O/c1-10(11-5-3-2-4-6-11)15(18)12-7-13(16)9-14(17)8-12/h2-10H,1H3/t10-/m0/s1. The quantitative estimate of drug-likeness (QED) is 0.749. The van der Waals surface area contributed by atoms with Gasteiger partial charge in [0.2, 0.25) is 0 Å². The number of hydrogen-bond donors (Lipinski definition) is 0. The summed E-state index contributed by atoms with van der Waals surface area (Å²) >= 11 is 0. The molecule has 0 bridgehead atoms. The SMILES string of the molecule is C[C@H](C(=O)c1cc(F)cc(F)c1)c1ccccc1. The molecule has 2 aromatic rings. The molecule has 2 rings (SSSR count). The van der Waals surface area contributed by atoms with Crippen LogP contribution in [0.2, 0.25) is 0 Å². The Morgan fingerprint density at radius 2 is 1.56 bits per heavy atom. The van der Waals surface area contributed by atoms with E-state index in [0.717, 1.165) is 23.8 Å². The van der Waals surface area contributed by atoms with Gasteiger partial charge in [0.1, 0.15) is 11.6 Å². The smallest absolute Gasteiger partial charge is 0.170 e. The van der Waals surface area contributed by atoms with Crippen molar-refractivity contribution in [2.75, 3.05) is 0 Å². The van der Waals surface area contributed by atoms with Crippen LogP contribution < -0.4 is 0 Å². The number of benzene rings is 2. The average molecular weight is 246 g/mol. The second kappa shape index (κ2) is 5.08. The number of ketones is 1. The van der Waals surface area contributed by atoms with Crippen molar-refractivity contribution in [3.63, 3.8) is 0 Å². The second-order valence-electron chi connectivity index (χ2n) is 4.15. The van der Waals surface area contributed by atoms with Crippen LogP contribution in [0, 0.1) is 11.6 Å². The number of carbonyl (C=O) groups excluding carboxylic acids is 1. The summed E-state index contributed by atoms with van der Waals surface area (Å²) in [6, 6.07) is 12.0. The van der Waals surface area contributed by atoms with Crippen LogP contribution in [0.5, 0.6) is 0 Å². The Hall–Kier alpha value is -2.03. The molecule has 92 valence electrons. The fraction of sp³-hybridized carbons (Fsp3) is 0.133. The predicted octanol–water partition coefficient (Wildman–Crippen LogP) is 3.95. The molecule has 0 fully saturated rings. The van der Waals surface area contributed by atoms with Gasteiger partial charge in [0.15, 0.2) is 5.78 Å². The summed E-state index contributed by atoms with van der Waals surface area (Å²) in [5.74, 6) is -2.19. The van der Waals surface area contributed by atoms with E-state index in [1.807, 2.05) is 30.3 Å². The molecule has 3 heteroatoms. The van der Waals surface area contributed by atoms with Crippen molar-refractivity contribution in [3.05, 3.63) is 71.3 Å². The van der Waals surface area contributed by atoms with E-state index in [-0.39, 0.29) is 11.3 Å². The van der Waals surface area contributed by atoms with E-state index in [0.29, 0.717) is 0 Å². The third-order valence-electron chi connectivity index (χ3n) is 2.84. The van der Waals surface area contributed by atoms with Crippen molar-refractivity contribution in [2.45, 2.75) is 12.8 Å². The molecular formula is C15H12F2O. The van der Waals surface area contributed by atoms with Crippen molar-refractivity contribution in [1.82, 2.24) is 0 Å². The summed E-state index contributed by atoms with van der Waals surface area (Å²) in [5, 5.41) is 0. The lowest BCUT2D eigenvalue weighted by Gasteiger charge is -2.11. The lowest BCUT2D eigenvalue weighted by atomic mass is 9.92. The molecule has 0 radical (unpaired) electrons. The maximum atomic E-state index is 13.1. The van der Waals surface area contributed by atoms with E-state index in [9.17, 15) is 13.6 Å². The molecular weight excluding hydrogens is 234 g/mol. The first-order valence-electron chi connectivity index (χ1n) is 5.63. The average Bonchev–Trinajstić information content (AvgIpc) is 2.37. The van der Waals surface area contributed by atoms with Crippen LogP contribution in [0.3, 0.4) is 0 Å². The first-order valence-corrected chi connectivity index (χ1v) is 5.63. The molecule has 1 nitrogen and oxygen atoms in total. The van der Waals surface area contributed by atoms with E-state index in [1.54, 1.807) is 6.92 Å². The number of halogens is 2. The zero-order valence-electron chi connectivity index (χ0n) is 9.86. The number of hydrogen-bond acceptors (Lipinski definition) is 1. The Morgan fingerprint density at radius 1 is 1.00 bits per heavy atom. The summed E-state index contributed by atoms with van der Waals surface area (Å²) in [6.45, 7) is 1.72. The molecule has 0 N–H and O–H groups in total. The van der Waals surface area contributed by atoms with Crippen LogP contribution in [-0.4, -0.2) is 5.78 Å². The molecule has 0 heterocycles. The lowest BCUT2D eigenvalue weighted by Crippen LogP contribution is -2.10. The number of carbonyl (C=O) groups is 1. The molecule has 0 saturated heterocycles. The first kappa shape index (κ1) is 12.4. The number of Topliss-reactive ketones (excluding diaryl/α,β-unsaturated/α-hetero) is 1. The van der Waals surface area contributed by atoms with E-state index in [1.165, 1.54) is 0 Å². The Kier molecular flexibility index (Phi) is 3.51. The van der Waals surface area contributed by atoms with Crippen molar-refractivity contribution < 1.29 is 13.6 Å². The zero-order chi connectivity index (χ0) is 13.1. The maximum Gasteiger partial charge on any atom is 0.170 e. The van der Waals surface area contributed by atoms with Crippen LogP contribution in [0.1, 0.15) is 28.8 Å². The van der Waals surface area contributed by atoms with Crippen LogP contribution in [0.15, 0.2) is 48.5 Å². The lowest BCUT2D eigenvalue weighted by molar-refractivity contribution is 0.0965. The van der Waals surface area contributed by atoms with Gasteiger partial charge in [-0.2, -0.15) is 0 Å². The molecule has 0 aromatic heterocycles. The minimum Gasteiger partial charge on any atom is -0.294 e. The van der Waals surface area contributed by atoms with Gasteiger partial charge in [0.25, 0.3) is 0 Å². The fourth-order valence-electron chi connectivity index (χ4n) is 1.84. The van der Waals surface area contributed by atoms with Gasteiger partial charge < -0.3 is 0 Å². The van der Waals surface area contributed by atoms with Crippen molar-refractivity contribution in [3.8, 4) is 0 Å². The molecule has 2 aromatic carbocycles. The van der Waals surface area contributed by atoms with Gasteiger partial charge in [-0.3, -0.25) is 4.79 Å². The Morgan fingerprint density at radius 3 is 2.11 bits per heavy atom. The molecule has 0 aliphatic heterocycles. The molecule has 0 spiro atoms. The minimum atomic E-state index is -0.737. The zero-order valence-corrected chi connectivity index (χ0v) is 9.86. The monoisotopic (exact) mass is 246 g/mol. The number of rotatable bonds is 3. The van der Waals surface area contributed by atoms with Gasteiger partial charge in [-0.25, -0.2) is 8.78 Å². The predicted molar refractivity (Wildman–Crippen MR) is 65.5 cm³/mol. The van der Waals surface area contributed by atoms with E-state index < -0.39 is 17.6 Å². The third-order valence-corrected chi connectivity index (χ3v) is 2.84. The van der Waals surface area contributed by atoms with Gasteiger partial charge in [-0.1, -0.05) is 37.3 Å². The molecule has 1 atom stereocenters. The largest absolute Gasteiger partial charge is 0.294 e.